The quantitative estimate of drug-likeness (QED) is 0.636. The normalized spacial score (nSPS) is 19.8. The Morgan fingerprint density at radius 1 is 1.09 bits per heavy atom. The minimum absolute atomic E-state index is 0.0817. The first-order chi connectivity index (χ1) is 15.4. The van der Waals surface area contributed by atoms with Gasteiger partial charge in [0.15, 0.2) is 0 Å². The smallest absolute Gasteiger partial charge is 0.257 e. The van der Waals surface area contributed by atoms with Crippen molar-refractivity contribution in [3.8, 4) is 5.75 Å². The summed E-state index contributed by atoms with van der Waals surface area (Å²) >= 11 is 0. The Kier molecular flexibility index (Phi) is 6.95. The Bertz CT molecular complexity index is 975. The first-order valence-corrected chi connectivity index (χ1v) is 11.9. The van der Waals surface area contributed by atoms with E-state index in [0.29, 0.717) is 13.2 Å². The molecule has 2 aliphatic heterocycles. The Morgan fingerprint density at radius 2 is 1.81 bits per heavy atom. The molecule has 0 spiro atoms. The first-order valence-electron chi connectivity index (χ1n) is 11.9. The van der Waals surface area contributed by atoms with Gasteiger partial charge >= 0.3 is 0 Å². The van der Waals surface area contributed by atoms with E-state index in [-0.39, 0.29) is 11.9 Å². The number of nitrogens with zero attached hydrogens (tertiary/aromatic N) is 3. The SMILES string of the molecule is CCOc1ccc(C2CC(c3ccc(C)cc3C)=NN2C(=O)CN2CCC(C)CC2)cc1. The highest BCUT2D eigenvalue weighted by atomic mass is 16.5. The summed E-state index contributed by atoms with van der Waals surface area (Å²) in [6, 6.07) is 14.5. The fraction of sp³-hybridized carbons (Fsp3) is 0.481. The number of aryl methyl sites for hydroxylation is 2. The maximum Gasteiger partial charge on any atom is 0.257 e. The Labute approximate surface area is 192 Å². The van der Waals surface area contributed by atoms with Crippen LogP contribution in [0.1, 0.15) is 61.4 Å². The van der Waals surface area contributed by atoms with Crippen molar-refractivity contribution in [3.63, 3.8) is 0 Å². The molecule has 1 atom stereocenters. The molecule has 32 heavy (non-hydrogen) atoms. The minimum atomic E-state index is -0.0856. The van der Waals surface area contributed by atoms with E-state index in [4.69, 9.17) is 9.84 Å². The summed E-state index contributed by atoms with van der Waals surface area (Å²) in [5.41, 5.74) is 5.65. The Morgan fingerprint density at radius 3 is 2.47 bits per heavy atom. The molecular weight excluding hydrogens is 398 g/mol. The molecule has 0 saturated carbocycles. The number of likely N-dealkylation sites (tertiary alicyclic amines) is 1. The second-order valence-electron chi connectivity index (χ2n) is 9.28. The topological polar surface area (TPSA) is 45.1 Å². The van der Waals surface area contributed by atoms with Gasteiger partial charge in [-0.25, -0.2) is 5.01 Å². The summed E-state index contributed by atoms with van der Waals surface area (Å²) in [5, 5.41) is 6.63. The maximum absolute atomic E-state index is 13.4. The van der Waals surface area contributed by atoms with Crippen molar-refractivity contribution in [2.45, 2.75) is 53.0 Å². The molecule has 2 aliphatic rings. The molecule has 2 aromatic rings. The van der Waals surface area contributed by atoms with Gasteiger partial charge in [-0.2, -0.15) is 5.10 Å². The van der Waals surface area contributed by atoms with E-state index in [1.807, 2.05) is 19.1 Å². The molecule has 1 saturated heterocycles. The van der Waals surface area contributed by atoms with E-state index in [9.17, 15) is 4.79 Å². The second kappa shape index (κ2) is 9.86. The van der Waals surface area contributed by atoms with Gasteiger partial charge in [0, 0.05) is 12.0 Å². The van der Waals surface area contributed by atoms with Crippen LogP contribution in [0.15, 0.2) is 47.6 Å². The fourth-order valence-electron chi connectivity index (χ4n) is 4.74. The zero-order valence-corrected chi connectivity index (χ0v) is 19.8. The molecule has 1 fully saturated rings. The van der Waals surface area contributed by atoms with Gasteiger partial charge in [0.1, 0.15) is 5.75 Å². The second-order valence-corrected chi connectivity index (χ2v) is 9.28. The number of piperidine rings is 1. The van der Waals surface area contributed by atoms with Crippen molar-refractivity contribution in [3.05, 3.63) is 64.7 Å². The number of benzene rings is 2. The third-order valence-electron chi connectivity index (χ3n) is 6.67. The summed E-state index contributed by atoms with van der Waals surface area (Å²) in [7, 11) is 0. The summed E-state index contributed by atoms with van der Waals surface area (Å²) in [6.45, 7) is 11.6. The minimum Gasteiger partial charge on any atom is -0.494 e. The van der Waals surface area contributed by atoms with Gasteiger partial charge in [0.25, 0.3) is 5.91 Å². The molecular formula is C27H35N3O2. The van der Waals surface area contributed by atoms with Crippen LogP contribution in [-0.2, 0) is 4.79 Å². The molecule has 5 heteroatoms. The summed E-state index contributed by atoms with van der Waals surface area (Å²) in [5.74, 6) is 1.68. The maximum atomic E-state index is 13.4. The van der Waals surface area contributed by atoms with Gasteiger partial charge in [0.2, 0.25) is 0 Å². The van der Waals surface area contributed by atoms with Crippen molar-refractivity contribution in [2.75, 3.05) is 26.2 Å². The van der Waals surface area contributed by atoms with E-state index in [1.54, 1.807) is 5.01 Å². The predicted molar refractivity (Wildman–Crippen MR) is 129 cm³/mol. The Balaban J connectivity index is 1.59. The van der Waals surface area contributed by atoms with E-state index in [2.05, 4.69) is 56.0 Å². The van der Waals surface area contributed by atoms with Crippen LogP contribution in [0.5, 0.6) is 5.75 Å². The first kappa shape index (κ1) is 22.5. The number of hydrogen-bond donors (Lipinski definition) is 0. The van der Waals surface area contributed by atoms with E-state index in [1.165, 1.54) is 11.1 Å². The lowest BCUT2D eigenvalue weighted by molar-refractivity contribution is -0.134. The van der Waals surface area contributed by atoms with E-state index >= 15 is 0 Å². The lowest BCUT2D eigenvalue weighted by Crippen LogP contribution is -2.41. The van der Waals surface area contributed by atoms with Crippen LogP contribution < -0.4 is 4.74 Å². The van der Waals surface area contributed by atoms with Crippen LogP contribution in [0.3, 0.4) is 0 Å². The van der Waals surface area contributed by atoms with Gasteiger partial charge in [-0.05, 0) is 75.9 Å². The van der Waals surface area contributed by atoms with Crippen molar-refractivity contribution < 1.29 is 9.53 Å². The number of carbonyl (C=O) groups is 1. The molecule has 0 aromatic heterocycles. The van der Waals surface area contributed by atoms with Gasteiger partial charge in [-0.15, -0.1) is 0 Å². The van der Waals surface area contributed by atoms with Gasteiger partial charge in [0.05, 0.1) is 24.9 Å². The average Bonchev–Trinajstić information content (AvgIpc) is 3.21. The van der Waals surface area contributed by atoms with Gasteiger partial charge in [-0.3, -0.25) is 9.69 Å². The number of carbonyl (C=O) groups excluding carboxylic acids is 1. The number of rotatable bonds is 6. The lowest BCUT2D eigenvalue weighted by atomic mass is 9.95. The fourth-order valence-corrected chi connectivity index (χ4v) is 4.74. The van der Waals surface area contributed by atoms with Crippen LogP contribution in [0.25, 0.3) is 0 Å². The number of amides is 1. The molecule has 170 valence electrons. The highest BCUT2D eigenvalue weighted by Crippen LogP contribution is 2.34. The average molecular weight is 434 g/mol. The summed E-state index contributed by atoms with van der Waals surface area (Å²) in [6.07, 6.45) is 3.04. The summed E-state index contributed by atoms with van der Waals surface area (Å²) in [4.78, 5) is 15.7. The molecule has 2 aromatic carbocycles. The highest BCUT2D eigenvalue weighted by molar-refractivity contribution is 6.04. The number of ether oxygens (including phenoxy) is 1. The van der Waals surface area contributed by atoms with Crippen LogP contribution in [0.2, 0.25) is 0 Å². The lowest BCUT2D eigenvalue weighted by Gasteiger charge is -2.31. The highest BCUT2D eigenvalue weighted by Gasteiger charge is 2.34. The molecule has 0 N–H and O–H groups in total. The van der Waals surface area contributed by atoms with E-state index < -0.39 is 0 Å². The molecule has 0 radical (unpaired) electrons. The van der Waals surface area contributed by atoms with Crippen LogP contribution in [0, 0.1) is 19.8 Å². The van der Waals surface area contributed by atoms with E-state index in [0.717, 1.165) is 60.9 Å². The van der Waals surface area contributed by atoms with Crippen molar-refractivity contribution >= 4 is 11.6 Å². The summed E-state index contributed by atoms with van der Waals surface area (Å²) < 4.78 is 5.61. The third kappa shape index (κ3) is 5.04. The standard InChI is InChI=1S/C27H35N3O2/c1-5-32-23-9-7-22(8-10-23)26-17-25(24-11-6-20(3)16-21(24)4)28-30(26)27(31)18-29-14-12-19(2)13-15-29/h6-11,16,19,26H,5,12-15,17-18H2,1-4H3. The molecule has 0 aliphatic carbocycles. The Hall–Kier alpha value is -2.66. The third-order valence-corrected chi connectivity index (χ3v) is 6.67. The molecule has 2 heterocycles. The van der Waals surface area contributed by atoms with Crippen LogP contribution >= 0.6 is 0 Å². The van der Waals surface area contributed by atoms with Gasteiger partial charge in [-0.1, -0.05) is 42.8 Å². The van der Waals surface area contributed by atoms with Crippen molar-refractivity contribution in [2.24, 2.45) is 11.0 Å². The van der Waals surface area contributed by atoms with Crippen molar-refractivity contribution in [1.82, 2.24) is 9.91 Å². The van der Waals surface area contributed by atoms with Gasteiger partial charge < -0.3 is 4.74 Å². The molecule has 4 rings (SSSR count). The molecule has 5 nitrogen and oxygen atoms in total. The molecule has 1 unspecified atom stereocenters. The number of hydrazone groups is 1. The zero-order valence-electron chi connectivity index (χ0n) is 19.8. The monoisotopic (exact) mass is 433 g/mol. The molecule has 0 bridgehead atoms. The predicted octanol–water partition coefficient (Wildman–Crippen LogP) is 5.11. The largest absolute Gasteiger partial charge is 0.494 e. The molecule has 1 amide bonds. The van der Waals surface area contributed by atoms with Crippen LogP contribution in [-0.4, -0.2) is 47.8 Å². The van der Waals surface area contributed by atoms with Crippen LogP contribution in [0.4, 0.5) is 0 Å². The van der Waals surface area contributed by atoms with Crippen molar-refractivity contribution in [1.29, 1.82) is 0 Å². The number of hydrogen-bond acceptors (Lipinski definition) is 4. The zero-order chi connectivity index (χ0) is 22.7.